The average Bonchev–Trinajstić information content (AvgIpc) is 2.92. The Morgan fingerprint density at radius 2 is 2.45 bits per heavy atom. The van der Waals surface area contributed by atoms with Crippen molar-refractivity contribution in [2.75, 3.05) is 6.61 Å². The highest BCUT2D eigenvalue weighted by molar-refractivity contribution is 5.79. The molecule has 5 heteroatoms. The molecule has 2 atom stereocenters. The predicted molar refractivity (Wildman–Crippen MR) is 75.2 cm³/mol. The third kappa shape index (κ3) is 2.67. The van der Waals surface area contributed by atoms with Crippen LogP contribution in [0.3, 0.4) is 0 Å². The molecule has 5 nitrogen and oxygen atoms in total. The second-order valence-electron chi connectivity index (χ2n) is 5.27. The normalized spacial score (nSPS) is 22.9. The lowest BCUT2D eigenvalue weighted by Crippen LogP contribution is -2.39. The van der Waals surface area contributed by atoms with Crippen molar-refractivity contribution in [3.63, 3.8) is 0 Å². The molecule has 1 amide bonds. The van der Waals surface area contributed by atoms with Gasteiger partial charge in [0.2, 0.25) is 5.91 Å². The molecule has 3 rings (SSSR count). The second kappa shape index (κ2) is 5.63. The summed E-state index contributed by atoms with van der Waals surface area (Å²) in [6.45, 7) is 3.27. The van der Waals surface area contributed by atoms with Crippen LogP contribution in [0.4, 0.5) is 0 Å². The second-order valence-corrected chi connectivity index (χ2v) is 5.27. The van der Waals surface area contributed by atoms with Crippen molar-refractivity contribution < 1.29 is 9.53 Å². The van der Waals surface area contributed by atoms with Crippen molar-refractivity contribution in [2.45, 2.75) is 32.4 Å². The Morgan fingerprint density at radius 3 is 3.30 bits per heavy atom. The third-order valence-corrected chi connectivity index (χ3v) is 3.87. The summed E-state index contributed by atoms with van der Waals surface area (Å²) in [5.74, 6) is 0.0549. The molecule has 2 aromatic rings. The van der Waals surface area contributed by atoms with Crippen molar-refractivity contribution in [2.24, 2.45) is 5.92 Å². The van der Waals surface area contributed by atoms with E-state index in [2.05, 4.69) is 10.3 Å². The zero-order valence-corrected chi connectivity index (χ0v) is 11.6. The van der Waals surface area contributed by atoms with Gasteiger partial charge in [-0.1, -0.05) is 0 Å². The van der Waals surface area contributed by atoms with E-state index in [1.54, 1.807) is 6.20 Å². The van der Waals surface area contributed by atoms with Crippen LogP contribution in [-0.4, -0.2) is 28.0 Å². The van der Waals surface area contributed by atoms with E-state index in [0.717, 1.165) is 30.7 Å². The maximum Gasteiger partial charge on any atom is 0.225 e. The van der Waals surface area contributed by atoms with Gasteiger partial charge in [-0.3, -0.25) is 4.79 Å². The van der Waals surface area contributed by atoms with E-state index in [4.69, 9.17) is 4.74 Å². The van der Waals surface area contributed by atoms with E-state index < -0.39 is 0 Å². The Kier molecular flexibility index (Phi) is 3.69. The maximum atomic E-state index is 12.2. The number of amides is 1. The van der Waals surface area contributed by atoms with Crippen LogP contribution in [0.1, 0.15) is 25.3 Å². The number of rotatable bonds is 3. The minimum atomic E-state index is -0.0288. The molecule has 0 aliphatic carbocycles. The molecule has 1 aliphatic heterocycles. The minimum Gasteiger partial charge on any atom is -0.378 e. The molecule has 2 aromatic heterocycles. The summed E-state index contributed by atoms with van der Waals surface area (Å²) in [6.07, 6.45) is 7.50. The number of hydrogen-bond donors (Lipinski definition) is 1. The van der Waals surface area contributed by atoms with E-state index in [1.165, 1.54) is 0 Å². The first-order valence-electron chi connectivity index (χ1n) is 7.05. The predicted octanol–water partition coefficient (Wildman–Crippen LogP) is 1.77. The van der Waals surface area contributed by atoms with Gasteiger partial charge in [0.05, 0.1) is 12.0 Å². The molecule has 0 saturated carbocycles. The first kappa shape index (κ1) is 13.1. The Hall–Kier alpha value is -1.88. The summed E-state index contributed by atoms with van der Waals surface area (Å²) in [5, 5.41) is 3.00. The number of nitrogens with one attached hydrogen (secondary N) is 1. The van der Waals surface area contributed by atoms with E-state index in [1.807, 2.05) is 35.9 Å². The first-order chi connectivity index (χ1) is 9.74. The highest BCUT2D eigenvalue weighted by Gasteiger charge is 2.28. The fourth-order valence-corrected chi connectivity index (χ4v) is 2.65. The van der Waals surface area contributed by atoms with Gasteiger partial charge in [-0.05, 0) is 37.5 Å². The van der Waals surface area contributed by atoms with Gasteiger partial charge in [0.25, 0.3) is 0 Å². The van der Waals surface area contributed by atoms with Crippen LogP contribution in [0.15, 0.2) is 30.7 Å². The van der Waals surface area contributed by atoms with Crippen LogP contribution in [0, 0.1) is 5.92 Å². The Bertz CT molecular complexity index is 608. The van der Waals surface area contributed by atoms with Gasteiger partial charge < -0.3 is 14.5 Å². The lowest BCUT2D eigenvalue weighted by atomic mass is 9.94. The van der Waals surface area contributed by atoms with Crippen LogP contribution in [0.2, 0.25) is 0 Å². The molecule has 0 spiro atoms. The number of fused-ring (bicyclic) bond motifs is 1. The van der Waals surface area contributed by atoms with Gasteiger partial charge in [0.1, 0.15) is 5.65 Å². The number of ether oxygens (including phenoxy) is 1. The van der Waals surface area contributed by atoms with Crippen molar-refractivity contribution in [3.8, 4) is 0 Å². The summed E-state index contributed by atoms with van der Waals surface area (Å²) < 4.78 is 7.48. The fourth-order valence-electron chi connectivity index (χ4n) is 2.65. The highest BCUT2D eigenvalue weighted by atomic mass is 16.5. The van der Waals surface area contributed by atoms with Crippen LogP contribution in [-0.2, 0) is 16.1 Å². The fraction of sp³-hybridized carbons (Fsp3) is 0.467. The molecule has 1 N–H and O–H groups in total. The van der Waals surface area contributed by atoms with Crippen molar-refractivity contribution in [1.82, 2.24) is 14.7 Å². The van der Waals surface area contributed by atoms with Crippen molar-refractivity contribution in [3.05, 3.63) is 36.3 Å². The van der Waals surface area contributed by atoms with E-state index in [9.17, 15) is 4.79 Å². The van der Waals surface area contributed by atoms with Crippen LogP contribution >= 0.6 is 0 Å². The summed E-state index contributed by atoms with van der Waals surface area (Å²) >= 11 is 0. The smallest absolute Gasteiger partial charge is 0.225 e. The lowest BCUT2D eigenvalue weighted by Gasteiger charge is -2.28. The van der Waals surface area contributed by atoms with Gasteiger partial charge in [0, 0.05) is 31.7 Å². The molecule has 20 heavy (non-hydrogen) atoms. The number of carbonyl (C=O) groups is 1. The van der Waals surface area contributed by atoms with Crippen molar-refractivity contribution in [1.29, 1.82) is 0 Å². The Balaban J connectivity index is 1.61. The highest BCUT2D eigenvalue weighted by Crippen LogP contribution is 2.20. The number of carbonyl (C=O) groups excluding carboxylic acids is 1. The molecule has 0 unspecified atom stereocenters. The number of pyridine rings is 1. The summed E-state index contributed by atoms with van der Waals surface area (Å²) in [7, 11) is 0. The summed E-state index contributed by atoms with van der Waals surface area (Å²) in [6, 6.07) is 3.98. The Labute approximate surface area is 118 Å². The largest absolute Gasteiger partial charge is 0.378 e. The van der Waals surface area contributed by atoms with Gasteiger partial charge in [-0.15, -0.1) is 0 Å². The van der Waals surface area contributed by atoms with Gasteiger partial charge in [-0.2, -0.15) is 0 Å². The summed E-state index contributed by atoms with van der Waals surface area (Å²) in [4.78, 5) is 16.4. The molecule has 0 radical (unpaired) electrons. The standard InChI is InChI=1S/C15H19N3O2/c1-11-13(3-2-8-20-11)15(19)17-10-12-4-6-18-7-5-16-14(18)9-12/h4-7,9,11,13H,2-3,8,10H2,1H3,(H,17,19)/t11-,13-/m0/s1. The SMILES string of the molecule is C[C@@H]1OCCC[C@@H]1C(=O)NCc1ccn2ccnc2c1. The molecule has 1 saturated heterocycles. The molecule has 106 valence electrons. The van der Waals surface area contributed by atoms with Crippen LogP contribution in [0.5, 0.6) is 0 Å². The zero-order chi connectivity index (χ0) is 13.9. The van der Waals surface area contributed by atoms with Crippen LogP contribution < -0.4 is 5.32 Å². The topological polar surface area (TPSA) is 55.6 Å². The molecule has 0 aromatic carbocycles. The quantitative estimate of drug-likeness (QED) is 0.927. The average molecular weight is 273 g/mol. The van der Waals surface area contributed by atoms with Gasteiger partial charge in [0.15, 0.2) is 0 Å². The molecule has 1 aliphatic rings. The number of aromatic nitrogens is 2. The monoisotopic (exact) mass is 273 g/mol. The summed E-state index contributed by atoms with van der Waals surface area (Å²) in [5.41, 5.74) is 1.95. The van der Waals surface area contributed by atoms with E-state index in [0.29, 0.717) is 6.54 Å². The molecule has 1 fully saturated rings. The lowest BCUT2D eigenvalue weighted by molar-refractivity contribution is -0.133. The molecular weight excluding hydrogens is 254 g/mol. The zero-order valence-electron chi connectivity index (χ0n) is 11.6. The minimum absolute atomic E-state index is 0.0125. The Morgan fingerprint density at radius 1 is 1.55 bits per heavy atom. The van der Waals surface area contributed by atoms with Gasteiger partial charge in [-0.25, -0.2) is 4.98 Å². The van der Waals surface area contributed by atoms with E-state index >= 15 is 0 Å². The first-order valence-corrected chi connectivity index (χ1v) is 7.05. The number of imidazole rings is 1. The molecule has 0 bridgehead atoms. The van der Waals surface area contributed by atoms with Crippen molar-refractivity contribution >= 4 is 11.6 Å². The maximum absolute atomic E-state index is 12.2. The molecular formula is C15H19N3O2. The van der Waals surface area contributed by atoms with Gasteiger partial charge >= 0.3 is 0 Å². The molecule has 3 heterocycles. The number of hydrogen-bond acceptors (Lipinski definition) is 3. The van der Waals surface area contributed by atoms with Crippen LogP contribution in [0.25, 0.3) is 5.65 Å². The third-order valence-electron chi connectivity index (χ3n) is 3.87. The number of nitrogens with zero attached hydrogens (tertiary/aromatic N) is 2. The van der Waals surface area contributed by atoms with E-state index in [-0.39, 0.29) is 17.9 Å².